The summed E-state index contributed by atoms with van der Waals surface area (Å²) in [5.41, 5.74) is 4.25. The highest BCUT2D eigenvalue weighted by Gasteiger charge is 2.19. The van der Waals surface area contributed by atoms with Crippen molar-refractivity contribution in [2.24, 2.45) is 5.92 Å². The van der Waals surface area contributed by atoms with E-state index in [-0.39, 0.29) is 12.4 Å². The van der Waals surface area contributed by atoms with Crippen LogP contribution in [0.15, 0.2) is 18.2 Å². The van der Waals surface area contributed by atoms with E-state index in [0.29, 0.717) is 6.04 Å². The molecule has 1 aliphatic heterocycles. The molecule has 1 fully saturated rings. The Bertz CT molecular complexity index is 413. The fraction of sp³-hybridized carbons (Fsp3) is 0.647. The van der Waals surface area contributed by atoms with Gasteiger partial charge < -0.3 is 5.32 Å². The molecule has 0 bridgehead atoms. The average Bonchev–Trinajstić information content (AvgIpc) is 2.39. The Morgan fingerprint density at radius 2 is 1.90 bits per heavy atom. The van der Waals surface area contributed by atoms with Crippen LogP contribution in [0.5, 0.6) is 0 Å². The van der Waals surface area contributed by atoms with Gasteiger partial charge in [0.25, 0.3) is 0 Å². The lowest BCUT2D eigenvalue weighted by atomic mass is 9.95. The smallest absolute Gasteiger partial charge is 0.0319 e. The van der Waals surface area contributed by atoms with Crippen molar-refractivity contribution in [1.29, 1.82) is 0 Å². The van der Waals surface area contributed by atoms with Crippen LogP contribution in [0.25, 0.3) is 0 Å². The lowest BCUT2D eigenvalue weighted by Gasteiger charge is -2.32. The number of rotatable bonds is 4. The fourth-order valence-corrected chi connectivity index (χ4v) is 3.16. The minimum atomic E-state index is 0. The molecule has 1 N–H and O–H groups in total. The standard InChI is InChI=1S/C17H28N2.ClH/c1-13-5-6-17(14(2)11-13)15(3)19(4)12-16-7-9-18-10-8-16;/h5-6,11,15-16,18H,7-10,12H2,1-4H3;1H. The van der Waals surface area contributed by atoms with Crippen LogP contribution in [0, 0.1) is 19.8 Å². The molecule has 1 aliphatic rings. The molecule has 2 nitrogen and oxygen atoms in total. The van der Waals surface area contributed by atoms with E-state index < -0.39 is 0 Å². The minimum Gasteiger partial charge on any atom is -0.317 e. The molecule has 114 valence electrons. The molecular weight excluding hydrogens is 268 g/mol. The molecule has 1 atom stereocenters. The van der Waals surface area contributed by atoms with Gasteiger partial charge in [-0.05, 0) is 70.8 Å². The van der Waals surface area contributed by atoms with E-state index in [1.54, 1.807) is 0 Å². The molecule has 1 aromatic carbocycles. The summed E-state index contributed by atoms with van der Waals surface area (Å²) in [6.07, 6.45) is 2.65. The van der Waals surface area contributed by atoms with Gasteiger partial charge in [0, 0.05) is 12.6 Å². The first-order valence-electron chi connectivity index (χ1n) is 7.56. The monoisotopic (exact) mass is 296 g/mol. The maximum atomic E-state index is 3.45. The van der Waals surface area contributed by atoms with Crippen molar-refractivity contribution in [3.63, 3.8) is 0 Å². The van der Waals surface area contributed by atoms with Crippen LogP contribution < -0.4 is 5.32 Å². The number of aryl methyl sites for hydroxylation is 2. The van der Waals surface area contributed by atoms with Gasteiger partial charge in [-0.3, -0.25) is 4.90 Å². The minimum absolute atomic E-state index is 0. The van der Waals surface area contributed by atoms with Gasteiger partial charge in [0.2, 0.25) is 0 Å². The molecule has 0 radical (unpaired) electrons. The highest BCUT2D eigenvalue weighted by Crippen LogP contribution is 2.25. The molecule has 0 aromatic heterocycles. The first-order chi connectivity index (χ1) is 9.08. The highest BCUT2D eigenvalue weighted by atomic mass is 35.5. The molecule has 1 saturated heterocycles. The highest BCUT2D eigenvalue weighted by molar-refractivity contribution is 5.85. The second kappa shape index (κ2) is 8.02. The fourth-order valence-electron chi connectivity index (χ4n) is 3.16. The van der Waals surface area contributed by atoms with Crippen molar-refractivity contribution in [3.8, 4) is 0 Å². The molecule has 2 rings (SSSR count). The summed E-state index contributed by atoms with van der Waals surface area (Å²) in [5.74, 6) is 0.861. The molecule has 0 amide bonds. The maximum Gasteiger partial charge on any atom is 0.0319 e. The van der Waals surface area contributed by atoms with Crippen LogP contribution in [0.1, 0.15) is 42.5 Å². The lowest BCUT2D eigenvalue weighted by Crippen LogP contribution is -2.35. The third kappa shape index (κ3) is 4.47. The van der Waals surface area contributed by atoms with E-state index in [1.807, 2.05) is 0 Å². The summed E-state index contributed by atoms with van der Waals surface area (Å²) in [6, 6.07) is 7.34. The number of nitrogens with one attached hydrogen (secondary N) is 1. The zero-order valence-corrected chi connectivity index (χ0v) is 14.1. The third-order valence-corrected chi connectivity index (χ3v) is 4.54. The summed E-state index contributed by atoms with van der Waals surface area (Å²) in [5, 5.41) is 3.45. The van der Waals surface area contributed by atoms with Gasteiger partial charge >= 0.3 is 0 Å². The first-order valence-corrected chi connectivity index (χ1v) is 7.56. The lowest BCUT2D eigenvalue weighted by molar-refractivity contribution is 0.196. The van der Waals surface area contributed by atoms with Crippen molar-refractivity contribution in [2.45, 2.75) is 39.7 Å². The Labute approximate surface area is 130 Å². The predicted molar refractivity (Wildman–Crippen MR) is 89.8 cm³/mol. The van der Waals surface area contributed by atoms with E-state index in [4.69, 9.17) is 0 Å². The Balaban J connectivity index is 0.00000200. The molecule has 1 unspecified atom stereocenters. The summed E-state index contributed by atoms with van der Waals surface area (Å²) in [6.45, 7) is 10.3. The molecule has 1 aromatic rings. The molecule has 3 heteroatoms. The van der Waals surface area contributed by atoms with Crippen LogP contribution in [0.4, 0.5) is 0 Å². The van der Waals surface area contributed by atoms with Crippen molar-refractivity contribution in [3.05, 3.63) is 34.9 Å². The molecular formula is C17H29ClN2. The van der Waals surface area contributed by atoms with Gasteiger partial charge in [-0.15, -0.1) is 12.4 Å². The van der Waals surface area contributed by atoms with Crippen LogP contribution >= 0.6 is 12.4 Å². The maximum absolute atomic E-state index is 3.45. The third-order valence-electron chi connectivity index (χ3n) is 4.54. The van der Waals surface area contributed by atoms with Gasteiger partial charge in [-0.2, -0.15) is 0 Å². The Kier molecular flexibility index (Phi) is 7.01. The normalized spacial score (nSPS) is 17.9. The van der Waals surface area contributed by atoms with E-state index in [9.17, 15) is 0 Å². The van der Waals surface area contributed by atoms with Crippen LogP contribution in [-0.4, -0.2) is 31.6 Å². The first kappa shape index (κ1) is 17.5. The van der Waals surface area contributed by atoms with E-state index in [0.717, 1.165) is 5.92 Å². The van der Waals surface area contributed by atoms with Gasteiger partial charge in [0.15, 0.2) is 0 Å². The van der Waals surface area contributed by atoms with Gasteiger partial charge in [0.1, 0.15) is 0 Å². The zero-order chi connectivity index (χ0) is 13.8. The number of piperidine rings is 1. The van der Waals surface area contributed by atoms with Crippen molar-refractivity contribution in [1.82, 2.24) is 10.2 Å². The number of hydrogen-bond donors (Lipinski definition) is 1. The van der Waals surface area contributed by atoms with Crippen molar-refractivity contribution in [2.75, 3.05) is 26.7 Å². The molecule has 1 heterocycles. The average molecular weight is 297 g/mol. The number of halogens is 1. The second-order valence-corrected chi connectivity index (χ2v) is 6.17. The Morgan fingerprint density at radius 1 is 1.25 bits per heavy atom. The quantitative estimate of drug-likeness (QED) is 0.911. The summed E-state index contributed by atoms with van der Waals surface area (Å²) in [7, 11) is 2.27. The van der Waals surface area contributed by atoms with Crippen molar-refractivity contribution < 1.29 is 0 Å². The van der Waals surface area contributed by atoms with E-state index in [1.165, 1.54) is 49.2 Å². The topological polar surface area (TPSA) is 15.3 Å². The van der Waals surface area contributed by atoms with Crippen molar-refractivity contribution >= 4 is 12.4 Å². The van der Waals surface area contributed by atoms with Crippen LogP contribution in [0.3, 0.4) is 0 Å². The Morgan fingerprint density at radius 3 is 2.50 bits per heavy atom. The predicted octanol–water partition coefficient (Wildman–Crippen LogP) is 3.72. The van der Waals surface area contributed by atoms with Gasteiger partial charge in [-0.25, -0.2) is 0 Å². The molecule has 0 aliphatic carbocycles. The van der Waals surface area contributed by atoms with Gasteiger partial charge in [0.05, 0.1) is 0 Å². The molecule has 0 saturated carbocycles. The Hall–Kier alpha value is -0.570. The molecule has 20 heavy (non-hydrogen) atoms. The number of hydrogen-bond acceptors (Lipinski definition) is 2. The van der Waals surface area contributed by atoms with Gasteiger partial charge in [-0.1, -0.05) is 23.8 Å². The van der Waals surface area contributed by atoms with Crippen LogP contribution in [0.2, 0.25) is 0 Å². The van der Waals surface area contributed by atoms with E-state index >= 15 is 0 Å². The second-order valence-electron chi connectivity index (χ2n) is 6.17. The van der Waals surface area contributed by atoms with Crippen LogP contribution in [-0.2, 0) is 0 Å². The number of benzene rings is 1. The molecule has 0 spiro atoms. The summed E-state index contributed by atoms with van der Waals surface area (Å²) in [4.78, 5) is 2.52. The van der Waals surface area contributed by atoms with E-state index in [2.05, 4.69) is 56.2 Å². The SMILES string of the molecule is Cc1ccc(C(C)N(C)CC2CCNCC2)c(C)c1.Cl. The summed E-state index contributed by atoms with van der Waals surface area (Å²) < 4.78 is 0. The number of nitrogens with zero attached hydrogens (tertiary/aromatic N) is 1. The largest absolute Gasteiger partial charge is 0.317 e. The zero-order valence-electron chi connectivity index (χ0n) is 13.3. The summed E-state index contributed by atoms with van der Waals surface area (Å²) >= 11 is 0.